The summed E-state index contributed by atoms with van der Waals surface area (Å²) in [7, 11) is 0. The average Bonchev–Trinajstić information content (AvgIpc) is 2.45. The molecule has 0 aliphatic carbocycles. The van der Waals surface area contributed by atoms with Crippen LogP contribution in [0.2, 0.25) is 0 Å². The second-order valence-corrected chi connectivity index (χ2v) is 5.27. The van der Waals surface area contributed by atoms with Gasteiger partial charge in [-0.05, 0) is 37.5 Å². The van der Waals surface area contributed by atoms with E-state index in [-0.39, 0.29) is 11.1 Å². The molecule has 2 heterocycles. The fraction of sp³-hybridized carbons (Fsp3) is 0.400. The lowest BCUT2D eigenvalue weighted by atomic mass is 10.0. The second-order valence-electron chi connectivity index (χ2n) is 5.27. The molecular weight excluding hydrogens is 281 g/mol. The lowest BCUT2D eigenvalue weighted by Crippen LogP contribution is -2.29. The number of pyridine rings is 1. The third kappa shape index (κ3) is 2.62. The van der Waals surface area contributed by atoms with Gasteiger partial charge in [0.25, 0.3) is 0 Å². The number of rotatable bonds is 1. The van der Waals surface area contributed by atoms with E-state index in [0.717, 1.165) is 44.5 Å². The highest BCUT2D eigenvalue weighted by Crippen LogP contribution is 2.39. The van der Waals surface area contributed by atoms with Gasteiger partial charge in [0.1, 0.15) is 5.75 Å². The predicted octanol–water partition coefficient (Wildman–Crippen LogP) is 3.95. The summed E-state index contributed by atoms with van der Waals surface area (Å²) in [6.07, 6.45) is -0.0748. The highest BCUT2D eigenvalue weighted by Gasteiger charge is 2.33. The molecule has 1 aromatic carbocycles. The highest BCUT2D eigenvalue weighted by molar-refractivity contribution is 5.94. The number of aromatic hydroxyl groups is 1. The molecule has 21 heavy (non-hydrogen) atoms. The van der Waals surface area contributed by atoms with Crippen molar-refractivity contribution in [2.24, 2.45) is 0 Å². The first-order chi connectivity index (χ1) is 9.97. The molecule has 1 aromatic heterocycles. The van der Waals surface area contributed by atoms with Gasteiger partial charge in [0, 0.05) is 18.5 Å². The highest BCUT2D eigenvalue weighted by atomic mass is 19.4. The quantitative estimate of drug-likeness (QED) is 0.865. The molecule has 112 valence electrons. The minimum absolute atomic E-state index is 0.0504. The number of piperidine rings is 1. The fourth-order valence-electron chi connectivity index (χ4n) is 2.83. The molecule has 1 saturated heterocycles. The van der Waals surface area contributed by atoms with Crippen LogP contribution < -0.4 is 4.90 Å². The van der Waals surface area contributed by atoms with Crippen molar-refractivity contribution < 1.29 is 18.3 Å². The molecule has 3 rings (SSSR count). The molecule has 0 radical (unpaired) electrons. The fourth-order valence-corrected chi connectivity index (χ4v) is 2.83. The topological polar surface area (TPSA) is 36.4 Å². The SMILES string of the molecule is Oc1cnc2c(N3CCCCC3)ccc(C(F)(F)F)c2c1. The van der Waals surface area contributed by atoms with E-state index in [2.05, 4.69) is 9.88 Å². The summed E-state index contributed by atoms with van der Waals surface area (Å²) in [6.45, 7) is 1.64. The first-order valence-electron chi connectivity index (χ1n) is 6.91. The van der Waals surface area contributed by atoms with Gasteiger partial charge in [-0.25, -0.2) is 0 Å². The monoisotopic (exact) mass is 296 g/mol. The zero-order valence-electron chi connectivity index (χ0n) is 11.3. The smallest absolute Gasteiger partial charge is 0.417 e. The van der Waals surface area contributed by atoms with E-state index in [1.165, 1.54) is 12.3 Å². The molecule has 0 unspecified atom stereocenters. The maximum absolute atomic E-state index is 13.1. The van der Waals surface area contributed by atoms with Crippen LogP contribution in [0.25, 0.3) is 10.9 Å². The minimum atomic E-state index is -4.46. The number of fused-ring (bicyclic) bond motifs is 1. The van der Waals surface area contributed by atoms with E-state index >= 15 is 0 Å². The number of alkyl halides is 3. The molecule has 1 aliphatic rings. The molecule has 0 spiro atoms. The molecule has 1 aliphatic heterocycles. The Labute approximate surface area is 120 Å². The van der Waals surface area contributed by atoms with Gasteiger partial charge in [-0.1, -0.05) is 0 Å². The summed E-state index contributed by atoms with van der Waals surface area (Å²) < 4.78 is 39.3. The van der Waals surface area contributed by atoms with Gasteiger partial charge in [-0.3, -0.25) is 4.98 Å². The zero-order valence-corrected chi connectivity index (χ0v) is 11.3. The van der Waals surface area contributed by atoms with Gasteiger partial charge in [-0.15, -0.1) is 0 Å². The summed E-state index contributed by atoms with van der Waals surface area (Å²) in [5.41, 5.74) is 0.240. The molecule has 0 bridgehead atoms. The number of hydrogen-bond acceptors (Lipinski definition) is 3. The molecule has 6 heteroatoms. The number of halogens is 3. The molecule has 0 atom stereocenters. The van der Waals surface area contributed by atoms with Crippen LogP contribution >= 0.6 is 0 Å². The maximum Gasteiger partial charge on any atom is 0.417 e. The van der Waals surface area contributed by atoms with E-state index in [1.54, 1.807) is 0 Å². The summed E-state index contributed by atoms with van der Waals surface area (Å²) in [4.78, 5) is 6.10. The van der Waals surface area contributed by atoms with Crippen LogP contribution in [0, 0.1) is 0 Å². The van der Waals surface area contributed by atoms with Crippen molar-refractivity contribution in [3.8, 4) is 5.75 Å². The van der Waals surface area contributed by atoms with Crippen molar-refractivity contribution in [2.45, 2.75) is 25.4 Å². The molecular formula is C15H15F3N2O. The molecule has 0 saturated carbocycles. The van der Waals surface area contributed by atoms with Crippen LogP contribution in [0.15, 0.2) is 24.4 Å². The van der Waals surface area contributed by atoms with Gasteiger partial charge in [0.05, 0.1) is 23.0 Å². The molecule has 1 N–H and O–H groups in total. The third-order valence-corrected chi connectivity index (χ3v) is 3.82. The summed E-state index contributed by atoms with van der Waals surface area (Å²) in [6, 6.07) is 3.70. The number of hydrogen-bond donors (Lipinski definition) is 1. The van der Waals surface area contributed by atoms with Crippen LogP contribution in [0.4, 0.5) is 18.9 Å². The Morgan fingerprint density at radius 1 is 1.10 bits per heavy atom. The van der Waals surface area contributed by atoms with Crippen molar-refractivity contribution in [2.75, 3.05) is 18.0 Å². The van der Waals surface area contributed by atoms with Crippen LogP contribution in [-0.4, -0.2) is 23.2 Å². The Morgan fingerprint density at radius 3 is 2.48 bits per heavy atom. The predicted molar refractivity (Wildman–Crippen MR) is 74.5 cm³/mol. The van der Waals surface area contributed by atoms with Crippen molar-refractivity contribution in [1.82, 2.24) is 4.98 Å². The Hall–Kier alpha value is -1.98. The Balaban J connectivity index is 2.19. The lowest BCUT2D eigenvalue weighted by Gasteiger charge is -2.30. The first-order valence-corrected chi connectivity index (χ1v) is 6.91. The molecule has 1 fully saturated rings. The van der Waals surface area contributed by atoms with Gasteiger partial charge in [0.2, 0.25) is 0 Å². The van der Waals surface area contributed by atoms with E-state index in [9.17, 15) is 18.3 Å². The van der Waals surface area contributed by atoms with E-state index in [0.29, 0.717) is 11.2 Å². The molecule has 2 aromatic rings. The lowest BCUT2D eigenvalue weighted by molar-refractivity contribution is -0.136. The minimum Gasteiger partial charge on any atom is -0.506 e. The van der Waals surface area contributed by atoms with Crippen LogP contribution in [0.3, 0.4) is 0 Å². The van der Waals surface area contributed by atoms with Gasteiger partial charge in [-0.2, -0.15) is 13.2 Å². The standard InChI is InChI=1S/C15H15F3N2O/c16-15(17,18)12-4-5-13(20-6-2-1-3-7-20)14-11(12)8-10(21)9-19-14/h4-5,8-9,21H,1-3,6-7H2. The van der Waals surface area contributed by atoms with Crippen LogP contribution in [-0.2, 0) is 6.18 Å². The Morgan fingerprint density at radius 2 is 1.81 bits per heavy atom. The molecule has 3 nitrogen and oxygen atoms in total. The van der Waals surface area contributed by atoms with Crippen LogP contribution in [0.1, 0.15) is 24.8 Å². The van der Waals surface area contributed by atoms with Crippen molar-refractivity contribution in [3.63, 3.8) is 0 Å². The van der Waals surface area contributed by atoms with Crippen molar-refractivity contribution in [1.29, 1.82) is 0 Å². The largest absolute Gasteiger partial charge is 0.506 e. The number of aromatic nitrogens is 1. The van der Waals surface area contributed by atoms with E-state index in [1.807, 2.05) is 0 Å². The van der Waals surface area contributed by atoms with Crippen molar-refractivity contribution in [3.05, 3.63) is 30.0 Å². The van der Waals surface area contributed by atoms with Crippen LogP contribution in [0.5, 0.6) is 5.75 Å². The van der Waals surface area contributed by atoms with E-state index in [4.69, 9.17) is 0 Å². The molecule has 0 amide bonds. The van der Waals surface area contributed by atoms with Gasteiger partial charge in [0.15, 0.2) is 0 Å². The maximum atomic E-state index is 13.1. The van der Waals surface area contributed by atoms with Crippen molar-refractivity contribution >= 4 is 16.6 Å². The normalized spacial score (nSPS) is 16.4. The summed E-state index contributed by atoms with van der Waals surface area (Å²) in [5, 5.41) is 9.43. The second kappa shape index (κ2) is 5.09. The third-order valence-electron chi connectivity index (χ3n) is 3.82. The van der Waals surface area contributed by atoms with Gasteiger partial charge < -0.3 is 10.0 Å². The Bertz CT molecular complexity index is 664. The summed E-state index contributed by atoms with van der Waals surface area (Å²) >= 11 is 0. The zero-order chi connectivity index (χ0) is 15.0. The number of benzene rings is 1. The van der Waals surface area contributed by atoms with E-state index < -0.39 is 11.7 Å². The van der Waals surface area contributed by atoms with Gasteiger partial charge >= 0.3 is 6.18 Å². The first kappa shape index (κ1) is 14.0. The summed E-state index contributed by atoms with van der Waals surface area (Å²) in [5.74, 6) is -0.260. The number of nitrogens with zero attached hydrogens (tertiary/aromatic N) is 2. The Kier molecular flexibility index (Phi) is 3.39. The number of anilines is 1. The average molecular weight is 296 g/mol.